The summed E-state index contributed by atoms with van der Waals surface area (Å²) in [6.45, 7) is 0. The van der Waals surface area contributed by atoms with Crippen LogP contribution in [-0.4, -0.2) is 20.9 Å². The predicted octanol–water partition coefficient (Wildman–Crippen LogP) is 3.98. The summed E-state index contributed by atoms with van der Waals surface area (Å²) < 4.78 is 0.731. The van der Waals surface area contributed by atoms with E-state index in [2.05, 4.69) is 42.3 Å². The SMILES string of the molecule is O=C(Nc1ccc(Br)nc1)c1c[nH]c2c1-c1ncccc1CCC2. The van der Waals surface area contributed by atoms with Gasteiger partial charge in [-0.2, -0.15) is 0 Å². The van der Waals surface area contributed by atoms with E-state index in [0.29, 0.717) is 11.3 Å². The van der Waals surface area contributed by atoms with Gasteiger partial charge in [-0.25, -0.2) is 4.98 Å². The molecular formula is C18H15BrN4O. The number of fused-ring (bicyclic) bond motifs is 3. The minimum absolute atomic E-state index is 0.157. The Morgan fingerprint density at radius 3 is 2.96 bits per heavy atom. The van der Waals surface area contributed by atoms with Gasteiger partial charge in [-0.1, -0.05) is 6.07 Å². The third-order valence-corrected chi connectivity index (χ3v) is 4.66. The van der Waals surface area contributed by atoms with Gasteiger partial charge >= 0.3 is 0 Å². The van der Waals surface area contributed by atoms with Crippen LogP contribution < -0.4 is 5.32 Å². The molecule has 1 aliphatic rings. The highest BCUT2D eigenvalue weighted by Gasteiger charge is 2.24. The Morgan fingerprint density at radius 2 is 2.12 bits per heavy atom. The number of carbonyl (C=O) groups excluding carboxylic acids is 1. The molecule has 2 N–H and O–H groups in total. The molecule has 4 rings (SSSR count). The van der Waals surface area contributed by atoms with Crippen LogP contribution in [0.25, 0.3) is 11.3 Å². The molecule has 5 nitrogen and oxygen atoms in total. The Bertz CT molecular complexity index is 902. The molecule has 0 spiro atoms. The molecule has 6 heteroatoms. The number of aromatic nitrogens is 3. The molecular weight excluding hydrogens is 368 g/mol. The molecule has 0 fully saturated rings. The highest BCUT2D eigenvalue weighted by molar-refractivity contribution is 9.10. The molecule has 3 aromatic heterocycles. The quantitative estimate of drug-likeness (QED) is 0.658. The van der Waals surface area contributed by atoms with E-state index < -0.39 is 0 Å². The van der Waals surface area contributed by atoms with Crippen LogP contribution in [0, 0.1) is 0 Å². The summed E-state index contributed by atoms with van der Waals surface area (Å²) in [5.41, 5.74) is 5.38. The average molecular weight is 383 g/mol. The zero-order valence-electron chi connectivity index (χ0n) is 12.8. The lowest BCUT2D eigenvalue weighted by Gasteiger charge is -2.09. The summed E-state index contributed by atoms with van der Waals surface area (Å²) in [5, 5.41) is 2.90. The van der Waals surface area contributed by atoms with E-state index in [9.17, 15) is 4.79 Å². The lowest BCUT2D eigenvalue weighted by Crippen LogP contribution is -2.12. The Labute approximate surface area is 147 Å². The summed E-state index contributed by atoms with van der Waals surface area (Å²) in [6, 6.07) is 7.64. The minimum Gasteiger partial charge on any atom is -0.364 e. The molecule has 120 valence electrons. The second-order valence-electron chi connectivity index (χ2n) is 5.74. The average Bonchev–Trinajstić information content (AvgIpc) is 2.93. The van der Waals surface area contributed by atoms with Crippen molar-refractivity contribution >= 4 is 27.5 Å². The third-order valence-electron chi connectivity index (χ3n) is 4.19. The van der Waals surface area contributed by atoms with Crippen LogP contribution in [0.2, 0.25) is 0 Å². The van der Waals surface area contributed by atoms with Crippen molar-refractivity contribution in [3.63, 3.8) is 0 Å². The van der Waals surface area contributed by atoms with Crippen molar-refractivity contribution in [1.82, 2.24) is 15.0 Å². The number of aromatic amines is 1. The van der Waals surface area contributed by atoms with Crippen LogP contribution in [0.3, 0.4) is 0 Å². The van der Waals surface area contributed by atoms with E-state index in [1.165, 1.54) is 5.56 Å². The Balaban J connectivity index is 1.73. The Hall–Kier alpha value is -2.47. The fourth-order valence-electron chi connectivity index (χ4n) is 3.08. The maximum atomic E-state index is 12.8. The molecule has 3 aromatic rings. The van der Waals surface area contributed by atoms with Crippen molar-refractivity contribution in [3.05, 3.63) is 64.3 Å². The van der Waals surface area contributed by atoms with Crippen LogP contribution in [0.15, 0.2) is 47.5 Å². The van der Waals surface area contributed by atoms with Crippen LogP contribution in [0.4, 0.5) is 5.69 Å². The highest BCUT2D eigenvalue weighted by atomic mass is 79.9. The molecule has 24 heavy (non-hydrogen) atoms. The standard InChI is InChI=1S/C18H15BrN4O/c19-15-7-6-12(9-22-15)23-18(24)13-10-21-14-5-1-3-11-4-2-8-20-17(11)16(13)14/h2,4,6-10,21H,1,3,5H2,(H,23,24). The molecule has 0 atom stereocenters. The molecule has 0 unspecified atom stereocenters. The van der Waals surface area contributed by atoms with Crippen molar-refractivity contribution in [3.8, 4) is 11.3 Å². The van der Waals surface area contributed by atoms with E-state index in [4.69, 9.17) is 0 Å². The first kappa shape index (κ1) is 15.1. The highest BCUT2D eigenvalue weighted by Crippen LogP contribution is 2.33. The van der Waals surface area contributed by atoms with Gasteiger partial charge in [0.25, 0.3) is 5.91 Å². The van der Waals surface area contributed by atoms with Crippen molar-refractivity contribution in [1.29, 1.82) is 0 Å². The first-order chi connectivity index (χ1) is 11.7. The number of nitrogens with one attached hydrogen (secondary N) is 2. The van der Waals surface area contributed by atoms with Gasteiger partial charge in [0, 0.05) is 23.7 Å². The van der Waals surface area contributed by atoms with Crippen LogP contribution in [0.1, 0.15) is 28.0 Å². The topological polar surface area (TPSA) is 70.7 Å². The molecule has 0 saturated carbocycles. The zero-order valence-corrected chi connectivity index (χ0v) is 14.4. The normalized spacial score (nSPS) is 12.9. The number of carbonyl (C=O) groups is 1. The minimum atomic E-state index is -0.157. The number of hydrogen-bond donors (Lipinski definition) is 2. The van der Waals surface area contributed by atoms with Gasteiger partial charge in [0.1, 0.15) is 4.60 Å². The largest absolute Gasteiger partial charge is 0.364 e. The second kappa shape index (κ2) is 6.20. The number of rotatable bonds is 2. The van der Waals surface area contributed by atoms with Crippen molar-refractivity contribution in [2.75, 3.05) is 5.32 Å². The predicted molar refractivity (Wildman–Crippen MR) is 95.9 cm³/mol. The van der Waals surface area contributed by atoms with Crippen LogP contribution in [0.5, 0.6) is 0 Å². The third kappa shape index (κ3) is 2.73. The Kier molecular flexibility index (Phi) is 3.90. The van der Waals surface area contributed by atoms with Gasteiger partial charge in [0.05, 0.1) is 23.1 Å². The maximum Gasteiger partial charge on any atom is 0.257 e. The summed E-state index contributed by atoms with van der Waals surface area (Å²) >= 11 is 3.29. The Morgan fingerprint density at radius 1 is 1.21 bits per heavy atom. The van der Waals surface area contributed by atoms with Gasteiger partial charge in [0.15, 0.2) is 0 Å². The van der Waals surface area contributed by atoms with Crippen LogP contribution >= 0.6 is 15.9 Å². The van der Waals surface area contributed by atoms with Gasteiger partial charge in [-0.05, 0) is 59.0 Å². The smallest absolute Gasteiger partial charge is 0.257 e. The monoisotopic (exact) mass is 382 g/mol. The number of anilines is 1. The van der Waals surface area contributed by atoms with Crippen molar-refractivity contribution < 1.29 is 4.79 Å². The second-order valence-corrected chi connectivity index (χ2v) is 6.56. The van der Waals surface area contributed by atoms with Gasteiger partial charge in [-0.3, -0.25) is 9.78 Å². The molecule has 1 aliphatic carbocycles. The van der Waals surface area contributed by atoms with Crippen molar-refractivity contribution in [2.24, 2.45) is 0 Å². The first-order valence-electron chi connectivity index (χ1n) is 7.80. The molecule has 0 aliphatic heterocycles. The lowest BCUT2D eigenvalue weighted by atomic mass is 10.0. The zero-order chi connectivity index (χ0) is 16.5. The van der Waals surface area contributed by atoms with E-state index in [1.54, 1.807) is 24.7 Å². The number of H-pyrrole nitrogens is 1. The number of halogens is 1. The van der Waals surface area contributed by atoms with Crippen molar-refractivity contribution in [2.45, 2.75) is 19.3 Å². The summed E-state index contributed by atoms with van der Waals surface area (Å²) in [7, 11) is 0. The summed E-state index contributed by atoms with van der Waals surface area (Å²) in [6.07, 6.45) is 8.11. The van der Waals surface area contributed by atoms with Crippen LogP contribution in [-0.2, 0) is 12.8 Å². The van der Waals surface area contributed by atoms with E-state index in [1.807, 2.05) is 12.1 Å². The fourth-order valence-corrected chi connectivity index (χ4v) is 3.32. The van der Waals surface area contributed by atoms with E-state index in [0.717, 1.165) is 40.8 Å². The molecule has 0 saturated heterocycles. The van der Waals surface area contributed by atoms with E-state index in [-0.39, 0.29) is 5.91 Å². The summed E-state index contributed by atoms with van der Waals surface area (Å²) in [5.74, 6) is -0.157. The molecule has 3 heterocycles. The number of nitrogens with zero attached hydrogens (tertiary/aromatic N) is 2. The van der Waals surface area contributed by atoms with E-state index >= 15 is 0 Å². The summed E-state index contributed by atoms with van der Waals surface area (Å²) in [4.78, 5) is 24.7. The first-order valence-corrected chi connectivity index (χ1v) is 8.59. The molecule has 0 bridgehead atoms. The lowest BCUT2D eigenvalue weighted by molar-refractivity contribution is 0.102. The molecule has 0 radical (unpaired) electrons. The molecule has 0 aromatic carbocycles. The maximum absolute atomic E-state index is 12.8. The molecule has 1 amide bonds. The number of aryl methyl sites for hydroxylation is 2. The fraction of sp³-hybridized carbons (Fsp3) is 0.167. The van der Waals surface area contributed by atoms with Gasteiger partial charge in [0.2, 0.25) is 0 Å². The number of hydrogen-bond acceptors (Lipinski definition) is 3. The van der Waals surface area contributed by atoms with Gasteiger partial charge < -0.3 is 10.3 Å². The number of amides is 1. The van der Waals surface area contributed by atoms with Gasteiger partial charge in [-0.15, -0.1) is 0 Å². The number of pyridine rings is 2.